The molecule has 12 heteroatoms. The van der Waals surface area contributed by atoms with Crippen molar-refractivity contribution in [2.75, 3.05) is 24.5 Å². The number of para-hydroxylation sites is 1. The van der Waals surface area contributed by atoms with Crippen LogP contribution in [0.15, 0.2) is 113 Å². The van der Waals surface area contributed by atoms with E-state index in [2.05, 4.69) is 10.1 Å². The molecule has 1 fully saturated rings. The molecule has 5 aromatic rings. The van der Waals surface area contributed by atoms with Gasteiger partial charge in [0.2, 0.25) is 5.91 Å². The van der Waals surface area contributed by atoms with Crippen molar-refractivity contribution in [3.8, 4) is 11.1 Å². The van der Waals surface area contributed by atoms with Crippen molar-refractivity contribution in [1.29, 1.82) is 0 Å². The van der Waals surface area contributed by atoms with Crippen molar-refractivity contribution in [3.05, 3.63) is 154 Å². The molecule has 0 unspecified atom stereocenters. The molecule has 0 saturated carbocycles. The zero-order valence-electron chi connectivity index (χ0n) is 29.7. The number of hydrogen-bond donors (Lipinski definition) is 0. The minimum absolute atomic E-state index is 0.0452. The number of nitrogens with zero attached hydrogens (tertiary/aromatic N) is 4. The van der Waals surface area contributed by atoms with Gasteiger partial charge < -0.3 is 14.3 Å². The number of fused-ring (bicyclic) bond motifs is 1. The fraction of sp³-hybridized carbons (Fsp3) is 0.286. The molecular weight excluding hydrogens is 720 g/mol. The summed E-state index contributed by atoms with van der Waals surface area (Å²) in [4.78, 5) is 20.9. The number of piperidine rings is 1. The van der Waals surface area contributed by atoms with Gasteiger partial charge >= 0.3 is 6.18 Å². The van der Waals surface area contributed by atoms with Crippen molar-refractivity contribution in [1.82, 2.24) is 15.0 Å². The molecule has 0 N–H and O–H groups in total. The van der Waals surface area contributed by atoms with E-state index < -0.39 is 23.4 Å². The SMILES string of the molecule is Cc1cc(CN2CCC(N(Cc3ccc(-c4ccc(C(F)(F)F)cc4)cc3)C(=O)CN3C(SCc4cccc(F)c4F)=CCc4ccccc43)CC2)no1. The summed E-state index contributed by atoms with van der Waals surface area (Å²) in [6, 6.07) is 26.6. The van der Waals surface area contributed by atoms with Gasteiger partial charge in [0.25, 0.3) is 0 Å². The van der Waals surface area contributed by atoms with E-state index in [9.17, 15) is 26.7 Å². The molecule has 1 aromatic heterocycles. The van der Waals surface area contributed by atoms with Crippen LogP contribution in [0.2, 0.25) is 0 Å². The molecule has 280 valence electrons. The Bertz CT molecular complexity index is 2110. The van der Waals surface area contributed by atoms with E-state index in [4.69, 9.17) is 4.52 Å². The quantitative estimate of drug-likeness (QED) is 0.125. The van der Waals surface area contributed by atoms with E-state index in [0.29, 0.717) is 25.1 Å². The molecule has 7 rings (SSSR count). The number of hydrogen-bond acceptors (Lipinski definition) is 6. The average molecular weight is 759 g/mol. The number of rotatable bonds is 11. The molecule has 4 aromatic carbocycles. The third kappa shape index (κ3) is 8.71. The maximum Gasteiger partial charge on any atom is 0.416 e. The van der Waals surface area contributed by atoms with Gasteiger partial charge in [-0.05, 0) is 78.8 Å². The Balaban J connectivity index is 1.12. The van der Waals surface area contributed by atoms with Crippen LogP contribution in [0, 0.1) is 18.6 Å². The summed E-state index contributed by atoms with van der Waals surface area (Å²) >= 11 is 1.37. The molecule has 0 bridgehead atoms. The van der Waals surface area contributed by atoms with E-state index in [1.165, 1.54) is 30.0 Å². The van der Waals surface area contributed by atoms with E-state index in [1.54, 1.807) is 6.07 Å². The first kappa shape index (κ1) is 37.4. The normalized spacial score (nSPS) is 15.2. The predicted octanol–water partition coefficient (Wildman–Crippen LogP) is 9.78. The number of thioether (sulfide) groups is 1. The van der Waals surface area contributed by atoms with Gasteiger partial charge in [-0.15, -0.1) is 11.8 Å². The van der Waals surface area contributed by atoms with E-state index >= 15 is 0 Å². The number of halogens is 5. The first-order valence-electron chi connectivity index (χ1n) is 17.8. The average Bonchev–Trinajstić information content (AvgIpc) is 3.59. The van der Waals surface area contributed by atoms with Crippen LogP contribution in [0.4, 0.5) is 27.6 Å². The molecule has 54 heavy (non-hydrogen) atoms. The highest BCUT2D eigenvalue weighted by atomic mass is 32.2. The Labute approximate surface area is 315 Å². The predicted molar refractivity (Wildman–Crippen MR) is 200 cm³/mol. The van der Waals surface area contributed by atoms with Crippen LogP contribution in [0.25, 0.3) is 11.1 Å². The first-order chi connectivity index (χ1) is 26.0. The summed E-state index contributed by atoms with van der Waals surface area (Å²) in [5.74, 6) is -0.889. The molecule has 2 aliphatic heterocycles. The summed E-state index contributed by atoms with van der Waals surface area (Å²) in [5.41, 5.74) is 4.70. The van der Waals surface area contributed by atoms with Crippen molar-refractivity contribution in [3.63, 3.8) is 0 Å². The number of aromatic nitrogens is 1. The maximum absolute atomic E-state index is 14.6. The maximum atomic E-state index is 14.6. The van der Waals surface area contributed by atoms with Crippen LogP contribution in [0.3, 0.4) is 0 Å². The lowest BCUT2D eigenvalue weighted by atomic mass is 9.99. The molecule has 6 nitrogen and oxygen atoms in total. The van der Waals surface area contributed by atoms with Crippen molar-refractivity contribution in [2.24, 2.45) is 0 Å². The molecular formula is C42H39F5N4O2S. The molecule has 2 aliphatic rings. The van der Waals surface area contributed by atoms with Crippen LogP contribution in [-0.2, 0) is 36.2 Å². The monoisotopic (exact) mass is 758 g/mol. The Morgan fingerprint density at radius 3 is 2.31 bits per heavy atom. The summed E-state index contributed by atoms with van der Waals surface area (Å²) < 4.78 is 73.3. The molecule has 0 aliphatic carbocycles. The summed E-state index contributed by atoms with van der Waals surface area (Å²) in [7, 11) is 0. The van der Waals surface area contributed by atoms with Crippen molar-refractivity contribution >= 4 is 23.4 Å². The number of alkyl halides is 3. The molecule has 3 heterocycles. The van der Waals surface area contributed by atoms with Gasteiger partial charge in [0.05, 0.1) is 16.3 Å². The topological polar surface area (TPSA) is 52.8 Å². The molecule has 1 saturated heterocycles. The lowest BCUT2D eigenvalue weighted by molar-refractivity contribution is -0.137. The highest BCUT2D eigenvalue weighted by molar-refractivity contribution is 8.02. The molecule has 0 atom stereocenters. The van der Waals surface area contributed by atoms with Crippen molar-refractivity contribution < 1.29 is 31.3 Å². The van der Waals surface area contributed by atoms with Gasteiger partial charge in [-0.2, -0.15) is 13.2 Å². The molecule has 1 amide bonds. The molecule has 0 radical (unpaired) electrons. The number of carbonyl (C=O) groups excluding carboxylic acids is 1. The summed E-state index contributed by atoms with van der Waals surface area (Å²) in [6.45, 7) is 4.44. The van der Waals surface area contributed by atoms with Gasteiger partial charge in [0.1, 0.15) is 12.3 Å². The largest absolute Gasteiger partial charge is 0.416 e. The number of amides is 1. The van der Waals surface area contributed by atoms with Gasteiger partial charge in [-0.3, -0.25) is 9.69 Å². The number of likely N-dealkylation sites (tertiary alicyclic amines) is 1. The fourth-order valence-electron chi connectivity index (χ4n) is 7.09. The molecule has 0 spiro atoms. The number of anilines is 1. The number of aryl methyl sites for hydroxylation is 1. The van der Waals surface area contributed by atoms with E-state index in [-0.39, 0.29) is 29.8 Å². The second-order valence-electron chi connectivity index (χ2n) is 13.7. The lowest BCUT2D eigenvalue weighted by Gasteiger charge is -2.40. The summed E-state index contributed by atoms with van der Waals surface area (Å²) in [5, 5.41) is 4.94. The highest BCUT2D eigenvalue weighted by Gasteiger charge is 2.32. The minimum Gasteiger partial charge on any atom is -0.361 e. The van der Waals surface area contributed by atoms with Gasteiger partial charge in [-0.1, -0.05) is 71.9 Å². The highest BCUT2D eigenvalue weighted by Crippen LogP contribution is 2.37. The van der Waals surface area contributed by atoms with E-state index in [0.717, 1.165) is 83.0 Å². The van der Waals surface area contributed by atoms with Gasteiger partial charge in [-0.25, -0.2) is 8.78 Å². The third-order valence-corrected chi connectivity index (χ3v) is 11.1. The van der Waals surface area contributed by atoms with Gasteiger partial charge in [0, 0.05) is 55.3 Å². The zero-order chi connectivity index (χ0) is 37.8. The number of carbonyl (C=O) groups is 1. The first-order valence-corrected chi connectivity index (χ1v) is 18.8. The second kappa shape index (κ2) is 16.2. The van der Waals surface area contributed by atoms with Crippen LogP contribution >= 0.6 is 11.8 Å². The standard InChI is InChI=1S/C42H39F5N4O2S/c1-28-23-35(48-53-28)25-49-21-19-36(20-22-49)50(24-29-9-11-30(12-10-29)31-13-16-34(17-14-31)42(45,46)47)39(52)26-51-38-8-3-2-5-32(38)15-18-40(51)54-27-33-6-4-7-37(43)41(33)44/h2-14,16-18,23,36H,15,19-22,24-27H2,1H3. The van der Waals surface area contributed by atoms with E-state index in [1.807, 2.05) is 77.4 Å². The van der Waals surface area contributed by atoms with Crippen LogP contribution in [0.5, 0.6) is 0 Å². The Morgan fingerprint density at radius 1 is 0.926 bits per heavy atom. The van der Waals surface area contributed by atoms with Crippen LogP contribution in [0.1, 0.15) is 46.5 Å². The van der Waals surface area contributed by atoms with Crippen LogP contribution < -0.4 is 4.90 Å². The Hall–Kier alpha value is -4.94. The second-order valence-corrected chi connectivity index (χ2v) is 14.7. The van der Waals surface area contributed by atoms with Crippen LogP contribution in [-0.4, -0.2) is 46.5 Å². The smallest absolute Gasteiger partial charge is 0.361 e. The van der Waals surface area contributed by atoms with Crippen molar-refractivity contribution in [2.45, 2.75) is 57.2 Å². The zero-order valence-corrected chi connectivity index (χ0v) is 30.5. The Morgan fingerprint density at radius 2 is 1.63 bits per heavy atom. The Kier molecular flexibility index (Phi) is 11.2. The third-order valence-electron chi connectivity index (χ3n) is 9.98. The number of allylic oxidation sites excluding steroid dienone is 1. The number of benzene rings is 4. The lowest BCUT2D eigenvalue weighted by Crippen LogP contribution is -2.49. The minimum atomic E-state index is -4.41. The van der Waals surface area contributed by atoms with Gasteiger partial charge in [0.15, 0.2) is 11.6 Å². The summed E-state index contributed by atoms with van der Waals surface area (Å²) in [6.07, 6.45) is -0.230. The fourth-order valence-corrected chi connectivity index (χ4v) is 8.14.